The van der Waals surface area contributed by atoms with Crippen LogP contribution in [0.25, 0.3) is 39.5 Å². The normalized spacial score (nSPS) is 14.8. The molecule has 0 radical (unpaired) electrons. The summed E-state index contributed by atoms with van der Waals surface area (Å²) in [6.45, 7) is 18.8. The quantitative estimate of drug-likeness (QED) is 0.0388. The molecule has 0 aromatic heterocycles. The Bertz CT molecular complexity index is 2300. The molecule has 0 heterocycles. The van der Waals surface area contributed by atoms with Crippen molar-refractivity contribution in [2.75, 3.05) is 0 Å². The lowest BCUT2D eigenvalue weighted by Gasteiger charge is -2.40. The molecule has 0 amide bonds. The van der Waals surface area contributed by atoms with Crippen LogP contribution in [0.15, 0.2) is 73.3 Å². The van der Waals surface area contributed by atoms with Crippen LogP contribution in [0.4, 0.5) is 0 Å². The molecule has 0 aliphatic heterocycles. The van der Waals surface area contributed by atoms with Gasteiger partial charge in [0.1, 0.15) is 0 Å². The first-order valence-corrected chi connectivity index (χ1v) is 34.2. The van der Waals surface area contributed by atoms with Crippen LogP contribution < -0.4 is 0 Å². The van der Waals surface area contributed by atoms with Crippen LogP contribution in [0.5, 0.6) is 0 Å². The third-order valence-electron chi connectivity index (χ3n) is 20.2. The summed E-state index contributed by atoms with van der Waals surface area (Å²) in [7, 11) is 0. The van der Waals surface area contributed by atoms with E-state index in [1.54, 1.807) is 50.1 Å². The minimum Gasteiger partial charge on any atom is -0.0985 e. The number of hydrogen-bond acceptors (Lipinski definition) is 0. The lowest BCUT2D eigenvalue weighted by Crippen LogP contribution is -2.31. The molecule has 0 atom stereocenters. The highest BCUT2D eigenvalue weighted by atomic mass is 14.6. The molecule has 4 aromatic rings. The molecule has 77 heavy (non-hydrogen) atoms. The largest absolute Gasteiger partial charge is 0.0985 e. The molecule has 0 nitrogen and oxygen atoms in total. The number of hydrogen-bond donors (Lipinski definition) is 0. The van der Waals surface area contributed by atoms with Gasteiger partial charge in [-0.2, -0.15) is 0 Å². The summed E-state index contributed by atoms with van der Waals surface area (Å²) in [5.74, 6) is 0. The predicted molar refractivity (Wildman–Crippen MR) is 343 cm³/mol. The van der Waals surface area contributed by atoms with Gasteiger partial charge in [-0.15, -0.1) is 0 Å². The monoisotopic (exact) mass is 1040 g/mol. The maximum atomic E-state index is 4.50. The van der Waals surface area contributed by atoms with Gasteiger partial charge in [0, 0.05) is 16.2 Å². The van der Waals surface area contributed by atoms with Gasteiger partial charge in [-0.25, -0.2) is 0 Å². The molecular formula is C77H116. The molecule has 4 aromatic carbocycles. The average molecular weight is 1040 g/mol. The van der Waals surface area contributed by atoms with Crippen LogP contribution in [0, 0.1) is 0 Å². The van der Waals surface area contributed by atoms with E-state index in [0.717, 1.165) is 0 Å². The highest BCUT2D eigenvalue weighted by molar-refractivity contribution is 6.05. The molecular weight excluding hydrogens is 925 g/mol. The summed E-state index contributed by atoms with van der Waals surface area (Å²) in [5, 5.41) is 0. The molecule has 0 bridgehead atoms. The van der Waals surface area contributed by atoms with E-state index in [1.165, 1.54) is 275 Å². The van der Waals surface area contributed by atoms with Gasteiger partial charge >= 0.3 is 0 Å². The summed E-state index contributed by atoms with van der Waals surface area (Å²) < 4.78 is 0. The second kappa shape index (κ2) is 32.2. The van der Waals surface area contributed by atoms with E-state index < -0.39 is 0 Å². The maximum Gasteiger partial charge on any atom is 0.0221 e. The van der Waals surface area contributed by atoms with Gasteiger partial charge in [0.2, 0.25) is 0 Å². The van der Waals surface area contributed by atoms with Crippen molar-refractivity contribution in [1.82, 2.24) is 0 Å². The van der Waals surface area contributed by atoms with Gasteiger partial charge in [0.05, 0.1) is 0 Å². The molecule has 3 aliphatic carbocycles. The van der Waals surface area contributed by atoms with E-state index in [0.29, 0.717) is 0 Å². The number of fused-ring (bicyclic) bond motifs is 12. The van der Waals surface area contributed by atoms with Crippen molar-refractivity contribution in [2.45, 2.75) is 327 Å². The van der Waals surface area contributed by atoms with Crippen LogP contribution in [-0.2, 0) is 16.2 Å². The van der Waals surface area contributed by atoms with Gasteiger partial charge < -0.3 is 0 Å². The van der Waals surface area contributed by atoms with Crippen molar-refractivity contribution in [3.63, 3.8) is 0 Å². The van der Waals surface area contributed by atoms with Crippen LogP contribution in [0.3, 0.4) is 0 Å². The van der Waals surface area contributed by atoms with Crippen molar-refractivity contribution < 1.29 is 0 Å². The van der Waals surface area contributed by atoms with Crippen molar-refractivity contribution in [1.29, 1.82) is 0 Å². The zero-order valence-electron chi connectivity index (χ0n) is 51.3. The summed E-state index contributed by atoms with van der Waals surface area (Å²) >= 11 is 0. The fourth-order valence-electron chi connectivity index (χ4n) is 16.1. The second-order valence-corrected chi connectivity index (χ2v) is 25.7. The zero-order valence-corrected chi connectivity index (χ0v) is 51.3. The third-order valence-corrected chi connectivity index (χ3v) is 20.2. The van der Waals surface area contributed by atoms with Gasteiger partial charge in [-0.1, -0.05) is 352 Å². The number of benzene rings is 4. The first kappa shape index (κ1) is 61.2. The van der Waals surface area contributed by atoms with Gasteiger partial charge in [-0.05, 0) is 111 Å². The molecule has 0 unspecified atom stereocenters. The van der Waals surface area contributed by atoms with Crippen LogP contribution in [0.1, 0.15) is 350 Å². The zero-order chi connectivity index (χ0) is 54.2. The average Bonchev–Trinajstić information content (AvgIpc) is 4.24. The Morgan fingerprint density at radius 2 is 0.532 bits per heavy atom. The predicted octanol–water partition coefficient (Wildman–Crippen LogP) is 25.6. The Morgan fingerprint density at radius 1 is 0.286 bits per heavy atom. The lowest BCUT2D eigenvalue weighted by molar-refractivity contribution is 0.386. The molecule has 0 saturated heterocycles. The summed E-state index contributed by atoms with van der Waals surface area (Å²) in [5.41, 5.74) is 21.8. The van der Waals surface area contributed by atoms with E-state index in [-0.39, 0.29) is 16.2 Å². The van der Waals surface area contributed by atoms with Crippen molar-refractivity contribution in [3.8, 4) is 33.4 Å². The lowest BCUT2D eigenvalue weighted by atomic mass is 9.63. The van der Waals surface area contributed by atoms with E-state index in [4.69, 9.17) is 0 Å². The van der Waals surface area contributed by atoms with Gasteiger partial charge in [0.15, 0.2) is 0 Å². The van der Waals surface area contributed by atoms with Gasteiger partial charge in [-0.3, -0.25) is 0 Å². The smallest absolute Gasteiger partial charge is 0.0221 e. The minimum absolute atomic E-state index is 0.00283. The standard InChI is InChI=1S/C77H116/c1-8-15-21-27-33-43-55-75(56-44-34-28-22-16-9-2)67-52-42-40-50-64(67)70-72(75)69-63-49-39-41-51-66(63)76(57-45-35-29-23-17-10-3,58-46-36-30-24-18-11-4)73(69)71-65-54-53-62(14-7)61-68(65)77(74(70)71,59-47-37-31-25-19-12-5)60-48-38-32-26-20-13-6/h14,39-42,49-54,61H,7-13,15-38,43-48,55-60H2,1-6H3. The van der Waals surface area contributed by atoms with E-state index in [2.05, 4.69) is 121 Å². The Balaban J connectivity index is 1.58. The van der Waals surface area contributed by atoms with Crippen molar-refractivity contribution >= 4 is 6.08 Å². The summed E-state index contributed by atoms with van der Waals surface area (Å²) in [6.07, 6.45) is 58.5. The number of rotatable bonds is 43. The number of unbranched alkanes of at least 4 members (excludes halogenated alkanes) is 30. The molecule has 0 heteroatoms. The van der Waals surface area contributed by atoms with E-state index >= 15 is 0 Å². The Hall–Kier alpha value is -3.38. The molecule has 0 spiro atoms. The molecule has 0 fully saturated rings. The molecule has 0 saturated carbocycles. The second-order valence-electron chi connectivity index (χ2n) is 25.7. The Morgan fingerprint density at radius 3 is 0.818 bits per heavy atom. The Kier molecular flexibility index (Phi) is 25.6. The van der Waals surface area contributed by atoms with Gasteiger partial charge in [0.25, 0.3) is 0 Å². The first-order valence-electron chi connectivity index (χ1n) is 34.2. The molecule has 0 N–H and O–H groups in total. The summed E-state index contributed by atoms with van der Waals surface area (Å²) in [6, 6.07) is 28.3. The van der Waals surface area contributed by atoms with Crippen LogP contribution >= 0.6 is 0 Å². The van der Waals surface area contributed by atoms with Crippen LogP contribution in [0.2, 0.25) is 0 Å². The fourth-order valence-corrected chi connectivity index (χ4v) is 16.1. The fraction of sp³-hybridized carbons (Fsp3) is 0.662. The van der Waals surface area contributed by atoms with E-state index in [9.17, 15) is 0 Å². The highest BCUT2D eigenvalue weighted by Crippen LogP contribution is 2.71. The Labute approximate surface area is 476 Å². The molecule has 7 rings (SSSR count). The molecule has 424 valence electrons. The van der Waals surface area contributed by atoms with Crippen molar-refractivity contribution in [3.05, 3.63) is 112 Å². The molecule has 3 aliphatic rings. The first-order chi connectivity index (χ1) is 38.0. The van der Waals surface area contributed by atoms with Crippen molar-refractivity contribution in [2.24, 2.45) is 0 Å². The maximum absolute atomic E-state index is 4.50. The third kappa shape index (κ3) is 14.2. The van der Waals surface area contributed by atoms with E-state index in [1.807, 2.05) is 16.7 Å². The topological polar surface area (TPSA) is 0 Å². The summed E-state index contributed by atoms with van der Waals surface area (Å²) in [4.78, 5) is 0. The van der Waals surface area contributed by atoms with Crippen LogP contribution in [-0.4, -0.2) is 0 Å². The highest BCUT2D eigenvalue weighted by Gasteiger charge is 2.57. The minimum atomic E-state index is -0.0391. The SMILES string of the molecule is C=Cc1ccc2c(c1)C(CCCCCCCC)(CCCCCCCC)c1c3c(c4c(c1-2)C(CCCCCCCC)(CCCCCCCC)c1ccccc1-4)C(CCCCCCCC)(CCCCCCCC)c1ccccc1-3.